The largest absolute Gasteiger partial charge is 0.0819 e. The first-order valence-corrected chi connectivity index (χ1v) is 5.02. The van der Waals surface area contributed by atoms with Crippen LogP contribution >= 0.6 is 0 Å². The summed E-state index contributed by atoms with van der Waals surface area (Å²) in [5, 5.41) is 0. The van der Waals surface area contributed by atoms with Crippen LogP contribution in [0.5, 0.6) is 0 Å². The molecule has 0 aromatic carbocycles. The lowest BCUT2D eigenvalue weighted by Crippen LogP contribution is -1.96. The van der Waals surface area contributed by atoms with Crippen LogP contribution in [-0.4, -0.2) is 0 Å². The average molecular weight is 166 g/mol. The molecule has 0 aromatic heterocycles. The van der Waals surface area contributed by atoms with Crippen molar-refractivity contribution in [2.75, 3.05) is 0 Å². The molecule has 0 aliphatic heterocycles. The average Bonchev–Trinajstić information content (AvgIpc) is 2.32. The van der Waals surface area contributed by atoms with Crippen molar-refractivity contribution in [3.05, 3.63) is 11.6 Å². The first-order chi connectivity index (χ1) is 5.37. The molecule has 0 spiro atoms. The summed E-state index contributed by atoms with van der Waals surface area (Å²) in [6, 6.07) is 0. The van der Waals surface area contributed by atoms with Crippen LogP contribution in [0.3, 0.4) is 0 Å². The highest BCUT2D eigenvalue weighted by molar-refractivity contribution is 5.17. The molecule has 0 N–H and O–H groups in total. The zero-order valence-electron chi connectivity index (χ0n) is 9.31. The van der Waals surface area contributed by atoms with Gasteiger partial charge in [0.1, 0.15) is 0 Å². The van der Waals surface area contributed by atoms with E-state index in [4.69, 9.17) is 0 Å². The summed E-state index contributed by atoms with van der Waals surface area (Å²) >= 11 is 0. The minimum atomic E-state index is 0.561. The Morgan fingerprint density at radius 2 is 1.75 bits per heavy atom. The van der Waals surface area contributed by atoms with E-state index in [2.05, 4.69) is 47.6 Å². The molecule has 1 aliphatic rings. The summed E-state index contributed by atoms with van der Waals surface area (Å²) in [5.74, 6) is 2.58. The Bertz CT molecular complexity index is 192. The van der Waals surface area contributed by atoms with Crippen molar-refractivity contribution in [1.82, 2.24) is 0 Å². The summed E-state index contributed by atoms with van der Waals surface area (Å²) in [6.45, 7) is 13.9. The van der Waals surface area contributed by atoms with Gasteiger partial charge in [-0.05, 0) is 37.0 Å². The monoisotopic (exact) mass is 166 g/mol. The van der Waals surface area contributed by atoms with Crippen molar-refractivity contribution >= 4 is 0 Å². The smallest absolute Gasteiger partial charge is 0.0141 e. The van der Waals surface area contributed by atoms with Crippen LogP contribution in [0.2, 0.25) is 0 Å². The van der Waals surface area contributed by atoms with Crippen LogP contribution in [0.1, 0.15) is 41.5 Å². The molecule has 1 fully saturated rings. The van der Waals surface area contributed by atoms with Crippen LogP contribution in [0.4, 0.5) is 0 Å². The molecule has 1 aliphatic carbocycles. The van der Waals surface area contributed by atoms with Crippen molar-refractivity contribution in [2.45, 2.75) is 41.5 Å². The maximum atomic E-state index is 2.45. The fourth-order valence-electron chi connectivity index (χ4n) is 2.67. The second kappa shape index (κ2) is 2.90. The Kier molecular flexibility index (Phi) is 2.38. The normalized spacial score (nSPS) is 31.9. The summed E-state index contributed by atoms with van der Waals surface area (Å²) in [7, 11) is 0. The van der Waals surface area contributed by atoms with E-state index in [1.807, 2.05) is 0 Å². The Morgan fingerprint density at radius 1 is 1.25 bits per heavy atom. The maximum absolute atomic E-state index is 2.45. The third kappa shape index (κ3) is 1.57. The third-order valence-corrected chi connectivity index (χ3v) is 3.23. The Hall–Kier alpha value is -0.260. The van der Waals surface area contributed by atoms with Crippen LogP contribution in [0, 0.1) is 23.2 Å². The molecule has 1 saturated carbocycles. The van der Waals surface area contributed by atoms with E-state index < -0.39 is 0 Å². The van der Waals surface area contributed by atoms with Gasteiger partial charge in [-0.15, -0.1) is 0 Å². The van der Waals surface area contributed by atoms with Crippen LogP contribution in [0.15, 0.2) is 11.6 Å². The van der Waals surface area contributed by atoms with Crippen molar-refractivity contribution in [2.24, 2.45) is 23.2 Å². The number of hydrogen-bond acceptors (Lipinski definition) is 0. The predicted molar refractivity (Wildman–Crippen MR) is 55.0 cm³/mol. The van der Waals surface area contributed by atoms with Gasteiger partial charge >= 0.3 is 0 Å². The van der Waals surface area contributed by atoms with Crippen molar-refractivity contribution in [3.63, 3.8) is 0 Å². The minimum Gasteiger partial charge on any atom is -0.0819 e. The summed E-state index contributed by atoms with van der Waals surface area (Å²) < 4.78 is 0. The zero-order chi connectivity index (χ0) is 9.52. The van der Waals surface area contributed by atoms with Crippen LogP contribution in [0.25, 0.3) is 0 Å². The van der Waals surface area contributed by atoms with E-state index in [0.29, 0.717) is 5.41 Å². The van der Waals surface area contributed by atoms with E-state index in [-0.39, 0.29) is 0 Å². The van der Waals surface area contributed by atoms with E-state index in [0.717, 1.165) is 17.8 Å². The summed E-state index contributed by atoms with van der Waals surface area (Å²) in [4.78, 5) is 0. The molecule has 12 heavy (non-hydrogen) atoms. The van der Waals surface area contributed by atoms with Gasteiger partial charge in [-0.2, -0.15) is 0 Å². The maximum Gasteiger partial charge on any atom is -0.0141 e. The second-order valence-corrected chi connectivity index (χ2v) is 5.36. The molecule has 70 valence electrons. The molecule has 0 amide bonds. The fraction of sp³-hybridized carbons (Fsp3) is 0.833. The van der Waals surface area contributed by atoms with Gasteiger partial charge in [0.2, 0.25) is 0 Å². The molecule has 0 nitrogen and oxygen atoms in total. The Labute approximate surface area is 77.1 Å². The topological polar surface area (TPSA) is 0 Å². The van der Waals surface area contributed by atoms with Gasteiger partial charge < -0.3 is 0 Å². The van der Waals surface area contributed by atoms with Crippen LogP contribution in [-0.2, 0) is 0 Å². The predicted octanol–water partition coefficient (Wildman–Crippen LogP) is 3.88. The first-order valence-electron chi connectivity index (χ1n) is 5.02. The van der Waals surface area contributed by atoms with E-state index in [1.54, 1.807) is 0 Å². The zero-order valence-corrected chi connectivity index (χ0v) is 9.31. The Balaban J connectivity index is 2.67. The van der Waals surface area contributed by atoms with Gasteiger partial charge in [0, 0.05) is 0 Å². The van der Waals surface area contributed by atoms with E-state index >= 15 is 0 Å². The highest BCUT2D eigenvalue weighted by Gasteiger charge is 2.56. The molecule has 0 heteroatoms. The molecule has 0 bridgehead atoms. The molecule has 0 aromatic rings. The summed E-state index contributed by atoms with van der Waals surface area (Å²) in [6.07, 6.45) is 2.45. The number of hydrogen-bond donors (Lipinski definition) is 0. The molecule has 0 radical (unpaired) electrons. The summed E-state index contributed by atoms with van der Waals surface area (Å²) in [5.41, 5.74) is 2.03. The molecular formula is C12H22. The minimum absolute atomic E-state index is 0.561. The molecule has 0 heterocycles. The van der Waals surface area contributed by atoms with Crippen molar-refractivity contribution < 1.29 is 0 Å². The number of allylic oxidation sites excluding steroid dienone is 2. The molecule has 2 unspecified atom stereocenters. The quantitative estimate of drug-likeness (QED) is 0.546. The lowest BCUT2D eigenvalue weighted by molar-refractivity contribution is 0.451. The van der Waals surface area contributed by atoms with Gasteiger partial charge in [-0.25, -0.2) is 0 Å². The van der Waals surface area contributed by atoms with E-state index in [9.17, 15) is 0 Å². The van der Waals surface area contributed by atoms with Gasteiger partial charge in [0.15, 0.2) is 0 Å². The fourth-order valence-corrected chi connectivity index (χ4v) is 2.67. The van der Waals surface area contributed by atoms with Gasteiger partial charge in [-0.3, -0.25) is 0 Å². The molecule has 0 saturated heterocycles. The van der Waals surface area contributed by atoms with E-state index in [1.165, 1.54) is 5.57 Å². The number of rotatable bonds is 2. The molecular weight excluding hydrogens is 144 g/mol. The molecule has 1 rings (SSSR count). The lowest BCUT2D eigenvalue weighted by Gasteiger charge is -2.04. The van der Waals surface area contributed by atoms with Gasteiger partial charge in [0.05, 0.1) is 0 Å². The first kappa shape index (κ1) is 9.83. The van der Waals surface area contributed by atoms with Gasteiger partial charge in [0.25, 0.3) is 0 Å². The van der Waals surface area contributed by atoms with Gasteiger partial charge in [-0.1, -0.05) is 39.3 Å². The molecule has 2 atom stereocenters. The standard InChI is InChI=1S/C12H22/c1-8(2)7-10-11(9(3)4)12(10,5)6/h7,9-11H,1-6H3. The highest BCUT2D eigenvalue weighted by Crippen LogP contribution is 2.62. The second-order valence-electron chi connectivity index (χ2n) is 5.36. The highest BCUT2D eigenvalue weighted by atomic mass is 14.6. The SMILES string of the molecule is CC(C)=CC1C(C(C)C)C1(C)C. The van der Waals surface area contributed by atoms with Crippen molar-refractivity contribution in [3.8, 4) is 0 Å². The van der Waals surface area contributed by atoms with Crippen LogP contribution < -0.4 is 0 Å². The lowest BCUT2D eigenvalue weighted by atomic mass is 10.0. The Morgan fingerprint density at radius 3 is 2.00 bits per heavy atom. The third-order valence-electron chi connectivity index (χ3n) is 3.23. The van der Waals surface area contributed by atoms with Crippen molar-refractivity contribution in [1.29, 1.82) is 0 Å².